The molecule has 1 fully saturated rings. The molecule has 0 spiro atoms. The van der Waals surface area contributed by atoms with Gasteiger partial charge in [0.1, 0.15) is 5.75 Å². The molecule has 1 aromatic rings. The van der Waals surface area contributed by atoms with Crippen LogP contribution < -0.4 is 10.5 Å². The first-order valence-electron chi connectivity index (χ1n) is 8.40. The quantitative estimate of drug-likeness (QED) is 0.724. The van der Waals surface area contributed by atoms with Crippen LogP contribution in [0.4, 0.5) is 0 Å². The van der Waals surface area contributed by atoms with E-state index in [1.54, 1.807) is 0 Å². The third kappa shape index (κ3) is 5.27. The van der Waals surface area contributed by atoms with Crippen LogP contribution in [0.5, 0.6) is 5.75 Å². The van der Waals surface area contributed by atoms with Crippen molar-refractivity contribution in [1.29, 1.82) is 0 Å². The van der Waals surface area contributed by atoms with Gasteiger partial charge >= 0.3 is 0 Å². The summed E-state index contributed by atoms with van der Waals surface area (Å²) in [6.45, 7) is 1.43. The van der Waals surface area contributed by atoms with E-state index in [0.717, 1.165) is 36.3 Å². The Morgan fingerprint density at radius 2 is 2.00 bits per heavy atom. The van der Waals surface area contributed by atoms with Gasteiger partial charge in [-0.15, -0.1) is 0 Å². The molecule has 1 saturated carbocycles. The summed E-state index contributed by atoms with van der Waals surface area (Å²) in [5.41, 5.74) is 7.47. The molecule has 4 nitrogen and oxygen atoms in total. The highest BCUT2D eigenvalue weighted by molar-refractivity contribution is 5.35. The second-order valence-corrected chi connectivity index (χ2v) is 6.21. The van der Waals surface area contributed by atoms with E-state index in [4.69, 9.17) is 15.2 Å². The number of aryl methyl sites for hydroxylation is 1. The van der Waals surface area contributed by atoms with Gasteiger partial charge in [0.05, 0.1) is 6.61 Å². The van der Waals surface area contributed by atoms with Gasteiger partial charge in [0, 0.05) is 12.7 Å². The molecule has 124 valence electrons. The molecule has 22 heavy (non-hydrogen) atoms. The topological polar surface area (TPSA) is 64.7 Å². The van der Waals surface area contributed by atoms with Crippen LogP contribution in [0, 0.1) is 5.92 Å². The number of benzene rings is 1. The predicted molar refractivity (Wildman–Crippen MR) is 87.9 cm³/mol. The summed E-state index contributed by atoms with van der Waals surface area (Å²) in [7, 11) is 1.50. The monoisotopic (exact) mass is 307 g/mol. The maximum absolute atomic E-state index is 9.92. The first kappa shape index (κ1) is 17.3. The molecule has 1 atom stereocenters. The average molecular weight is 307 g/mol. The van der Waals surface area contributed by atoms with Crippen LogP contribution in [-0.2, 0) is 11.2 Å². The van der Waals surface area contributed by atoms with Gasteiger partial charge in [-0.2, -0.15) is 0 Å². The van der Waals surface area contributed by atoms with Gasteiger partial charge in [0.25, 0.3) is 0 Å². The number of methoxy groups -OCH3 is 1. The minimum atomic E-state index is -0.908. The Balaban J connectivity index is 2.03. The Hall–Kier alpha value is -1.10. The average Bonchev–Trinajstić information content (AvgIpc) is 2.58. The highest BCUT2D eigenvalue weighted by Gasteiger charge is 2.15. The molecule has 0 saturated heterocycles. The van der Waals surface area contributed by atoms with Crippen molar-refractivity contribution in [3.8, 4) is 5.75 Å². The Kier molecular flexibility index (Phi) is 7.16. The van der Waals surface area contributed by atoms with E-state index in [2.05, 4.69) is 6.07 Å². The van der Waals surface area contributed by atoms with E-state index >= 15 is 0 Å². The molecule has 1 unspecified atom stereocenters. The van der Waals surface area contributed by atoms with E-state index in [1.165, 1.54) is 39.2 Å². The van der Waals surface area contributed by atoms with Gasteiger partial charge in [-0.05, 0) is 55.8 Å². The summed E-state index contributed by atoms with van der Waals surface area (Å²) >= 11 is 0. The van der Waals surface area contributed by atoms with Crippen LogP contribution >= 0.6 is 0 Å². The number of ether oxygens (including phenoxy) is 2. The predicted octanol–water partition coefficient (Wildman–Crippen LogP) is 3.17. The number of aliphatic hydroxyl groups excluding tert-OH is 1. The normalized spacial score (nSPS) is 17.4. The molecule has 0 aliphatic heterocycles. The minimum absolute atomic E-state index is 0.662. The zero-order chi connectivity index (χ0) is 15.8. The third-order valence-electron chi connectivity index (χ3n) is 4.38. The second-order valence-electron chi connectivity index (χ2n) is 6.21. The van der Waals surface area contributed by atoms with Crippen molar-refractivity contribution in [2.45, 2.75) is 51.2 Å². The number of hydrogen-bond donors (Lipinski definition) is 2. The molecular weight excluding hydrogens is 278 g/mol. The summed E-state index contributed by atoms with van der Waals surface area (Å²) in [6, 6.07) is 5.91. The molecule has 1 aliphatic carbocycles. The van der Waals surface area contributed by atoms with Gasteiger partial charge in [-0.3, -0.25) is 0 Å². The number of hydrogen-bond acceptors (Lipinski definition) is 4. The van der Waals surface area contributed by atoms with Gasteiger partial charge in [0.15, 0.2) is 6.29 Å². The van der Waals surface area contributed by atoms with Crippen molar-refractivity contribution in [2.24, 2.45) is 11.7 Å². The molecule has 2 rings (SSSR count). The van der Waals surface area contributed by atoms with Crippen LogP contribution in [0.2, 0.25) is 0 Å². The van der Waals surface area contributed by atoms with Gasteiger partial charge in [0.2, 0.25) is 0 Å². The third-order valence-corrected chi connectivity index (χ3v) is 4.38. The Bertz CT molecular complexity index is 444. The van der Waals surface area contributed by atoms with Gasteiger partial charge in [-0.1, -0.05) is 25.3 Å². The highest BCUT2D eigenvalue weighted by Crippen LogP contribution is 2.27. The lowest BCUT2D eigenvalue weighted by atomic mass is 9.90. The van der Waals surface area contributed by atoms with Crippen LogP contribution in [0.1, 0.15) is 55.9 Å². The molecular formula is C18H29NO3. The van der Waals surface area contributed by atoms with E-state index in [0.29, 0.717) is 12.5 Å². The Labute approximate surface area is 133 Å². The van der Waals surface area contributed by atoms with Crippen LogP contribution in [0.3, 0.4) is 0 Å². The molecule has 0 amide bonds. The first-order valence-corrected chi connectivity index (χ1v) is 8.40. The van der Waals surface area contributed by atoms with E-state index in [-0.39, 0.29) is 0 Å². The van der Waals surface area contributed by atoms with Crippen molar-refractivity contribution < 1.29 is 14.6 Å². The maximum atomic E-state index is 9.92. The fraction of sp³-hybridized carbons (Fsp3) is 0.667. The lowest BCUT2D eigenvalue weighted by Crippen LogP contribution is -2.15. The number of rotatable bonds is 8. The second kappa shape index (κ2) is 9.13. The number of aliphatic hydroxyl groups is 1. The fourth-order valence-corrected chi connectivity index (χ4v) is 3.07. The summed E-state index contributed by atoms with van der Waals surface area (Å²) in [6.07, 6.45) is 7.43. The molecule has 0 bridgehead atoms. The van der Waals surface area contributed by atoms with Crippen LogP contribution in [0.15, 0.2) is 18.2 Å². The summed E-state index contributed by atoms with van der Waals surface area (Å²) < 4.78 is 11.0. The van der Waals surface area contributed by atoms with Crippen molar-refractivity contribution in [3.05, 3.63) is 29.3 Å². The smallest absolute Gasteiger partial charge is 0.180 e. The van der Waals surface area contributed by atoms with Crippen molar-refractivity contribution in [3.63, 3.8) is 0 Å². The molecule has 1 aromatic carbocycles. The fourth-order valence-electron chi connectivity index (χ4n) is 3.07. The molecule has 1 aliphatic rings. The Morgan fingerprint density at radius 3 is 2.68 bits per heavy atom. The van der Waals surface area contributed by atoms with Crippen molar-refractivity contribution in [1.82, 2.24) is 0 Å². The molecule has 0 heterocycles. The van der Waals surface area contributed by atoms with Crippen LogP contribution in [0.25, 0.3) is 0 Å². The lowest BCUT2D eigenvalue weighted by molar-refractivity contribution is -0.0771. The zero-order valence-corrected chi connectivity index (χ0v) is 13.6. The molecule has 4 heteroatoms. The zero-order valence-electron chi connectivity index (χ0n) is 13.6. The van der Waals surface area contributed by atoms with E-state index < -0.39 is 6.29 Å². The highest BCUT2D eigenvalue weighted by atomic mass is 16.6. The number of nitrogens with two attached hydrogens (primary N) is 1. The van der Waals surface area contributed by atoms with Gasteiger partial charge in [-0.25, -0.2) is 0 Å². The lowest BCUT2D eigenvalue weighted by Gasteiger charge is -2.22. The SMILES string of the molecule is COC(O)c1cc(CCCN)cc(OCC2CCCCC2)c1. The van der Waals surface area contributed by atoms with Crippen LogP contribution in [-0.4, -0.2) is 25.4 Å². The Morgan fingerprint density at radius 1 is 1.23 bits per heavy atom. The van der Waals surface area contributed by atoms with E-state index in [9.17, 15) is 5.11 Å². The summed E-state index contributed by atoms with van der Waals surface area (Å²) in [4.78, 5) is 0. The summed E-state index contributed by atoms with van der Waals surface area (Å²) in [5.74, 6) is 1.49. The largest absolute Gasteiger partial charge is 0.493 e. The van der Waals surface area contributed by atoms with E-state index in [1.807, 2.05) is 12.1 Å². The van der Waals surface area contributed by atoms with Crippen molar-refractivity contribution in [2.75, 3.05) is 20.3 Å². The maximum Gasteiger partial charge on any atom is 0.180 e. The summed E-state index contributed by atoms with van der Waals surface area (Å²) in [5, 5.41) is 9.92. The first-order chi connectivity index (χ1) is 10.7. The molecule has 0 aromatic heterocycles. The minimum Gasteiger partial charge on any atom is -0.493 e. The standard InChI is InChI=1S/C18H29NO3/c1-21-18(20)16-10-15(8-5-9-19)11-17(12-16)22-13-14-6-3-2-4-7-14/h10-12,14,18,20H,2-9,13,19H2,1H3. The van der Waals surface area contributed by atoms with Gasteiger partial charge < -0.3 is 20.3 Å². The van der Waals surface area contributed by atoms with Crippen molar-refractivity contribution >= 4 is 0 Å². The molecule has 3 N–H and O–H groups in total. The molecule has 0 radical (unpaired) electrons.